The van der Waals surface area contributed by atoms with Gasteiger partial charge in [0.15, 0.2) is 0 Å². The summed E-state index contributed by atoms with van der Waals surface area (Å²) in [4.78, 5) is 11.6. The van der Waals surface area contributed by atoms with Crippen molar-refractivity contribution in [3.8, 4) is 0 Å². The van der Waals surface area contributed by atoms with Gasteiger partial charge in [0, 0.05) is 13.2 Å². The van der Waals surface area contributed by atoms with Gasteiger partial charge in [-0.3, -0.25) is 4.79 Å². The predicted molar refractivity (Wildman–Crippen MR) is 57.6 cm³/mol. The first-order chi connectivity index (χ1) is 7.20. The molecule has 1 N–H and O–H groups in total. The van der Waals surface area contributed by atoms with Crippen molar-refractivity contribution in [3.05, 3.63) is 0 Å². The minimum absolute atomic E-state index is 0.0773. The second-order valence-electron chi connectivity index (χ2n) is 3.94. The van der Waals surface area contributed by atoms with Crippen LogP contribution in [0.1, 0.15) is 26.7 Å². The lowest BCUT2D eigenvalue weighted by atomic mass is 9.96. The van der Waals surface area contributed by atoms with E-state index in [0.717, 1.165) is 19.4 Å². The first kappa shape index (κ1) is 12.5. The number of rotatable bonds is 5. The molecule has 1 unspecified atom stereocenters. The van der Waals surface area contributed by atoms with Gasteiger partial charge in [-0.25, -0.2) is 0 Å². The summed E-state index contributed by atoms with van der Waals surface area (Å²) >= 11 is 0. The van der Waals surface area contributed by atoms with Crippen LogP contribution < -0.4 is 5.32 Å². The summed E-state index contributed by atoms with van der Waals surface area (Å²) in [6.45, 7) is 5.13. The number of hydrogen-bond acceptors (Lipinski definition) is 4. The third-order valence-corrected chi connectivity index (χ3v) is 2.92. The number of ether oxygens (including phenoxy) is 2. The van der Waals surface area contributed by atoms with E-state index < -0.39 is 0 Å². The second-order valence-corrected chi connectivity index (χ2v) is 3.94. The molecule has 0 aromatic heterocycles. The van der Waals surface area contributed by atoms with Gasteiger partial charge in [-0.15, -0.1) is 0 Å². The van der Waals surface area contributed by atoms with Crippen LogP contribution in [0.15, 0.2) is 0 Å². The van der Waals surface area contributed by atoms with Gasteiger partial charge < -0.3 is 14.8 Å². The van der Waals surface area contributed by atoms with E-state index in [1.807, 2.05) is 13.8 Å². The fourth-order valence-corrected chi connectivity index (χ4v) is 2.12. The van der Waals surface area contributed by atoms with Crippen LogP contribution in [0, 0.1) is 5.92 Å². The summed E-state index contributed by atoms with van der Waals surface area (Å²) in [5.41, 5.74) is 0. The number of esters is 1. The number of nitrogens with one attached hydrogen (secondary N) is 1. The molecule has 15 heavy (non-hydrogen) atoms. The molecule has 1 aliphatic rings. The zero-order valence-electron chi connectivity index (χ0n) is 9.79. The van der Waals surface area contributed by atoms with Crippen LogP contribution >= 0.6 is 0 Å². The topological polar surface area (TPSA) is 47.6 Å². The van der Waals surface area contributed by atoms with Crippen LogP contribution in [-0.2, 0) is 14.3 Å². The van der Waals surface area contributed by atoms with E-state index >= 15 is 0 Å². The van der Waals surface area contributed by atoms with E-state index in [1.54, 1.807) is 7.11 Å². The molecule has 4 nitrogen and oxygen atoms in total. The predicted octanol–water partition coefficient (Wildman–Crippen LogP) is 0.953. The Morgan fingerprint density at radius 1 is 1.60 bits per heavy atom. The van der Waals surface area contributed by atoms with Crippen molar-refractivity contribution in [2.45, 2.75) is 38.8 Å². The fourth-order valence-electron chi connectivity index (χ4n) is 2.12. The van der Waals surface area contributed by atoms with Crippen LogP contribution in [0.3, 0.4) is 0 Å². The highest BCUT2D eigenvalue weighted by molar-refractivity contribution is 5.72. The van der Waals surface area contributed by atoms with Gasteiger partial charge in [0.1, 0.15) is 0 Å². The molecule has 0 saturated carbocycles. The summed E-state index contributed by atoms with van der Waals surface area (Å²) in [6, 6.07) is 0.286. The average molecular weight is 215 g/mol. The van der Waals surface area contributed by atoms with Gasteiger partial charge in [-0.05, 0) is 33.2 Å². The maximum Gasteiger partial charge on any atom is 0.311 e. The molecule has 1 saturated heterocycles. The Hall–Kier alpha value is -0.610. The molecule has 1 aliphatic heterocycles. The van der Waals surface area contributed by atoms with E-state index in [9.17, 15) is 4.79 Å². The van der Waals surface area contributed by atoms with Crippen LogP contribution in [0.4, 0.5) is 0 Å². The summed E-state index contributed by atoms with van der Waals surface area (Å²) in [6.07, 6.45) is 2.15. The SMILES string of the molecule is CCOC(=O)[C@H](C)[C@@H](OC)C1CCCN1. The maximum atomic E-state index is 11.6. The lowest BCUT2D eigenvalue weighted by Gasteiger charge is -2.26. The van der Waals surface area contributed by atoms with Crippen LogP contribution in [0.5, 0.6) is 0 Å². The molecule has 0 aromatic carbocycles. The lowest BCUT2D eigenvalue weighted by molar-refractivity contribution is -0.152. The van der Waals surface area contributed by atoms with Gasteiger partial charge in [0.05, 0.1) is 18.6 Å². The van der Waals surface area contributed by atoms with Gasteiger partial charge >= 0.3 is 5.97 Å². The fraction of sp³-hybridized carbons (Fsp3) is 0.909. The minimum atomic E-state index is -0.203. The molecule has 0 amide bonds. The summed E-state index contributed by atoms with van der Waals surface area (Å²) in [5.74, 6) is -0.372. The molecule has 0 bridgehead atoms. The van der Waals surface area contributed by atoms with Crippen LogP contribution in [0.2, 0.25) is 0 Å². The minimum Gasteiger partial charge on any atom is -0.466 e. The number of methoxy groups -OCH3 is 1. The van der Waals surface area contributed by atoms with Crippen molar-refractivity contribution in [1.82, 2.24) is 5.32 Å². The highest BCUT2D eigenvalue weighted by Gasteiger charge is 2.33. The molecule has 0 radical (unpaired) electrons. The Kier molecular flexibility index (Phi) is 5.05. The highest BCUT2D eigenvalue weighted by atomic mass is 16.5. The molecular weight excluding hydrogens is 194 g/mol. The van der Waals surface area contributed by atoms with E-state index in [2.05, 4.69) is 5.32 Å². The van der Waals surface area contributed by atoms with Gasteiger partial charge in [0.25, 0.3) is 0 Å². The second kappa shape index (κ2) is 6.08. The van der Waals surface area contributed by atoms with Crippen LogP contribution in [0.25, 0.3) is 0 Å². The Bertz CT molecular complexity index is 202. The zero-order valence-corrected chi connectivity index (χ0v) is 9.79. The van der Waals surface area contributed by atoms with Gasteiger partial charge in [0.2, 0.25) is 0 Å². The van der Waals surface area contributed by atoms with Gasteiger partial charge in [-0.1, -0.05) is 0 Å². The number of hydrogen-bond donors (Lipinski definition) is 1. The maximum absolute atomic E-state index is 11.6. The quantitative estimate of drug-likeness (QED) is 0.694. The standard InChI is InChI=1S/C11H21NO3/c1-4-15-11(13)8(2)10(14-3)9-6-5-7-12-9/h8-10,12H,4-7H2,1-3H3/t8-,9?,10-/m1/s1. The molecule has 0 aromatic rings. The molecule has 3 atom stereocenters. The normalized spacial score (nSPS) is 24.9. The smallest absolute Gasteiger partial charge is 0.311 e. The molecule has 1 fully saturated rings. The monoisotopic (exact) mass is 215 g/mol. The summed E-state index contributed by atoms with van der Waals surface area (Å²) in [7, 11) is 1.65. The van der Waals surface area contributed by atoms with E-state index in [-0.39, 0.29) is 24.0 Å². The third kappa shape index (κ3) is 3.18. The van der Waals surface area contributed by atoms with Crippen molar-refractivity contribution in [1.29, 1.82) is 0 Å². The summed E-state index contributed by atoms with van der Waals surface area (Å²) < 4.78 is 10.4. The lowest BCUT2D eigenvalue weighted by Crippen LogP contribution is -2.43. The molecule has 4 heteroatoms. The zero-order chi connectivity index (χ0) is 11.3. The molecule has 0 aliphatic carbocycles. The Balaban J connectivity index is 2.52. The molecule has 1 rings (SSSR count). The van der Waals surface area contributed by atoms with Crippen LogP contribution in [-0.4, -0.2) is 38.4 Å². The third-order valence-electron chi connectivity index (χ3n) is 2.92. The average Bonchev–Trinajstić information content (AvgIpc) is 2.72. The highest BCUT2D eigenvalue weighted by Crippen LogP contribution is 2.19. The molecular formula is C11H21NO3. The first-order valence-electron chi connectivity index (χ1n) is 5.63. The Morgan fingerprint density at radius 2 is 2.33 bits per heavy atom. The van der Waals surface area contributed by atoms with Crippen molar-refractivity contribution in [3.63, 3.8) is 0 Å². The van der Waals surface area contributed by atoms with Crippen molar-refractivity contribution >= 4 is 5.97 Å². The van der Waals surface area contributed by atoms with E-state index in [1.165, 1.54) is 0 Å². The Labute approximate surface area is 91.3 Å². The Morgan fingerprint density at radius 3 is 2.80 bits per heavy atom. The van der Waals surface area contributed by atoms with Crippen molar-refractivity contribution in [2.75, 3.05) is 20.3 Å². The summed E-state index contributed by atoms with van der Waals surface area (Å²) in [5, 5.41) is 3.35. The first-order valence-corrected chi connectivity index (χ1v) is 5.63. The molecule has 1 heterocycles. The van der Waals surface area contributed by atoms with Crippen molar-refractivity contribution in [2.24, 2.45) is 5.92 Å². The molecule has 88 valence electrons. The van der Waals surface area contributed by atoms with Gasteiger partial charge in [-0.2, -0.15) is 0 Å². The van der Waals surface area contributed by atoms with Crippen molar-refractivity contribution < 1.29 is 14.3 Å². The number of carbonyl (C=O) groups is 1. The number of carbonyl (C=O) groups excluding carboxylic acids is 1. The largest absolute Gasteiger partial charge is 0.466 e. The van der Waals surface area contributed by atoms with E-state index in [4.69, 9.17) is 9.47 Å². The molecule has 0 spiro atoms. The van der Waals surface area contributed by atoms with E-state index in [0.29, 0.717) is 6.61 Å².